The standard InChI is InChI=1S/C17H17NO2/c1-2-19-15-8-5-7-14(11-15)18-12-16-10-13-6-3-4-9-17(13)20-16/h3-11,18H,2,12H2,1H3. The van der Waals surface area contributed by atoms with Crippen molar-refractivity contribution in [3.63, 3.8) is 0 Å². The van der Waals surface area contributed by atoms with Crippen molar-refractivity contribution in [2.75, 3.05) is 11.9 Å². The number of hydrogen-bond donors (Lipinski definition) is 1. The Labute approximate surface area is 118 Å². The van der Waals surface area contributed by atoms with Crippen molar-refractivity contribution in [1.29, 1.82) is 0 Å². The van der Waals surface area contributed by atoms with E-state index in [1.807, 2.05) is 49.4 Å². The molecule has 0 saturated heterocycles. The molecule has 0 saturated carbocycles. The summed E-state index contributed by atoms with van der Waals surface area (Å²) in [4.78, 5) is 0. The maximum atomic E-state index is 5.77. The lowest BCUT2D eigenvalue weighted by molar-refractivity contribution is 0.340. The van der Waals surface area contributed by atoms with Crippen LogP contribution in [-0.2, 0) is 6.54 Å². The first-order chi connectivity index (χ1) is 9.85. The molecule has 102 valence electrons. The average Bonchev–Trinajstić information content (AvgIpc) is 2.89. The Morgan fingerprint density at radius 3 is 2.80 bits per heavy atom. The fraction of sp³-hybridized carbons (Fsp3) is 0.176. The molecule has 0 aliphatic carbocycles. The average molecular weight is 267 g/mol. The van der Waals surface area contributed by atoms with Crippen LogP contribution >= 0.6 is 0 Å². The third kappa shape index (κ3) is 2.77. The summed E-state index contributed by atoms with van der Waals surface area (Å²) in [6.07, 6.45) is 0. The third-order valence-electron chi connectivity index (χ3n) is 3.09. The van der Waals surface area contributed by atoms with Gasteiger partial charge < -0.3 is 14.5 Å². The molecule has 1 N–H and O–H groups in total. The predicted molar refractivity (Wildman–Crippen MR) is 81.2 cm³/mol. The first kappa shape index (κ1) is 12.6. The van der Waals surface area contributed by atoms with Crippen molar-refractivity contribution in [2.24, 2.45) is 0 Å². The molecular formula is C17H17NO2. The highest BCUT2D eigenvalue weighted by Crippen LogP contribution is 2.21. The third-order valence-corrected chi connectivity index (χ3v) is 3.09. The number of ether oxygens (including phenoxy) is 1. The molecule has 3 nitrogen and oxygen atoms in total. The molecule has 0 bridgehead atoms. The minimum Gasteiger partial charge on any atom is -0.494 e. The van der Waals surface area contributed by atoms with E-state index >= 15 is 0 Å². The van der Waals surface area contributed by atoms with Crippen molar-refractivity contribution in [2.45, 2.75) is 13.5 Å². The van der Waals surface area contributed by atoms with Crippen LogP contribution in [0.4, 0.5) is 5.69 Å². The van der Waals surface area contributed by atoms with Gasteiger partial charge in [-0.2, -0.15) is 0 Å². The van der Waals surface area contributed by atoms with E-state index in [0.29, 0.717) is 13.2 Å². The summed E-state index contributed by atoms with van der Waals surface area (Å²) < 4.78 is 11.3. The van der Waals surface area contributed by atoms with Crippen LogP contribution in [-0.4, -0.2) is 6.61 Å². The van der Waals surface area contributed by atoms with Gasteiger partial charge in [0.05, 0.1) is 13.2 Å². The number of nitrogens with one attached hydrogen (secondary N) is 1. The van der Waals surface area contributed by atoms with Gasteiger partial charge in [0.25, 0.3) is 0 Å². The second-order valence-electron chi connectivity index (χ2n) is 4.56. The lowest BCUT2D eigenvalue weighted by Gasteiger charge is -2.07. The second-order valence-corrected chi connectivity index (χ2v) is 4.56. The molecule has 2 aromatic carbocycles. The van der Waals surface area contributed by atoms with E-state index in [1.54, 1.807) is 0 Å². The van der Waals surface area contributed by atoms with Crippen LogP contribution in [0.1, 0.15) is 12.7 Å². The molecule has 0 fully saturated rings. The first-order valence-corrected chi connectivity index (χ1v) is 6.79. The Morgan fingerprint density at radius 1 is 1.05 bits per heavy atom. The topological polar surface area (TPSA) is 34.4 Å². The fourth-order valence-corrected chi connectivity index (χ4v) is 2.18. The van der Waals surface area contributed by atoms with Crippen molar-refractivity contribution in [3.05, 3.63) is 60.4 Å². The summed E-state index contributed by atoms with van der Waals surface area (Å²) in [6.45, 7) is 3.31. The van der Waals surface area contributed by atoms with Crippen LogP contribution in [0.2, 0.25) is 0 Å². The molecular weight excluding hydrogens is 250 g/mol. The molecule has 3 aromatic rings. The zero-order chi connectivity index (χ0) is 13.8. The molecule has 0 atom stereocenters. The SMILES string of the molecule is CCOc1cccc(NCc2cc3ccccc3o2)c1. The lowest BCUT2D eigenvalue weighted by Crippen LogP contribution is -1.98. The summed E-state index contributed by atoms with van der Waals surface area (Å²) in [7, 11) is 0. The number of rotatable bonds is 5. The van der Waals surface area contributed by atoms with Crippen molar-refractivity contribution in [1.82, 2.24) is 0 Å². The Balaban J connectivity index is 1.71. The monoisotopic (exact) mass is 267 g/mol. The van der Waals surface area contributed by atoms with Crippen LogP contribution in [0.3, 0.4) is 0 Å². The molecule has 20 heavy (non-hydrogen) atoms. The lowest BCUT2D eigenvalue weighted by atomic mass is 10.2. The van der Waals surface area contributed by atoms with Crippen LogP contribution in [0.25, 0.3) is 11.0 Å². The summed E-state index contributed by atoms with van der Waals surface area (Å²) in [5, 5.41) is 4.48. The van der Waals surface area contributed by atoms with Gasteiger partial charge in [-0.05, 0) is 31.2 Å². The number of anilines is 1. The highest BCUT2D eigenvalue weighted by atomic mass is 16.5. The van der Waals surface area contributed by atoms with Gasteiger partial charge in [0.2, 0.25) is 0 Å². The molecule has 0 unspecified atom stereocenters. The molecule has 0 spiro atoms. The van der Waals surface area contributed by atoms with Gasteiger partial charge in [-0.3, -0.25) is 0 Å². The van der Waals surface area contributed by atoms with Crippen LogP contribution in [0.15, 0.2) is 59.0 Å². The number of fused-ring (bicyclic) bond motifs is 1. The molecule has 3 heteroatoms. The van der Waals surface area contributed by atoms with Gasteiger partial charge in [-0.25, -0.2) is 0 Å². The van der Waals surface area contributed by atoms with Gasteiger partial charge in [0.15, 0.2) is 0 Å². The Hall–Kier alpha value is -2.42. The number of para-hydroxylation sites is 1. The molecule has 1 heterocycles. The summed E-state index contributed by atoms with van der Waals surface area (Å²) in [5.41, 5.74) is 1.95. The van der Waals surface area contributed by atoms with Crippen molar-refractivity contribution in [3.8, 4) is 5.75 Å². The zero-order valence-corrected chi connectivity index (χ0v) is 11.4. The van der Waals surface area contributed by atoms with Crippen LogP contribution < -0.4 is 10.1 Å². The highest BCUT2D eigenvalue weighted by Gasteiger charge is 2.03. The fourth-order valence-electron chi connectivity index (χ4n) is 2.18. The number of furan rings is 1. The van der Waals surface area contributed by atoms with E-state index in [1.165, 1.54) is 0 Å². The van der Waals surface area contributed by atoms with Gasteiger partial charge in [-0.15, -0.1) is 0 Å². The zero-order valence-electron chi connectivity index (χ0n) is 11.4. The normalized spacial score (nSPS) is 10.7. The summed E-state index contributed by atoms with van der Waals surface area (Å²) in [6, 6.07) is 18.0. The number of hydrogen-bond acceptors (Lipinski definition) is 3. The Morgan fingerprint density at radius 2 is 1.95 bits per heavy atom. The molecule has 0 amide bonds. The van der Waals surface area contributed by atoms with Crippen LogP contribution in [0.5, 0.6) is 5.75 Å². The van der Waals surface area contributed by atoms with Crippen molar-refractivity contribution < 1.29 is 9.15 Å². The summed E-state index contributed by atoms with van der Waals surface area (Å²) in [5.74, 6) is 1.80. The predicted octanol–water partition coefficient (Wildman–Crippen LogP) is 4.44. The van der Waals surface area contributed by atoms with Crippen LogP contribution in [0, 0.1) is 0 Å². The van der Waals surface area contributed by atoms with E-state index in [9.17, 15) is 0 Å². The minimum absolute atomic E-state index is 0.657. The Bertz CT molecular complexity index is 670. The number of benzene rings is 2. The van der Waals surface area contributed by atoms with Gasteiger partial charge in [0.1, 0.15) is 17.1 Å². The first-order valence-electron chi connectivity index (χ1n) is 6.79. The van der Waals surface area contributed by atoms with E-state index in [0.717, 1.165) is 28.2 Å². The molecule has 1 aromatic heterocycles. The van der Waals surface area contributed by atoms with E-state index < -0.39 is 0 Å². The largest absolute Gasteiger partial charge is 0.494 e. The molecule has 3 rings (SSSR count). The van der Waals surface area contributed by atoms with Crippen molar-refractivity contribution >= 4 is 16.7 Å². The molecule has 0 aliphatic rings. The van der Waals surface area contributed by atoms with Gasteiger partial charge >= 0.3 is 0 Å². The highest BCUT2D eigenvalue weighted by molar-refractivity contribution is 5.77. The maximum absolute atomic E-state index is 5.77. The van der Waals surface area contributed by atoms with Gasteiger partial charge in [0, 0.05) is 17.1 Å². The van der Waals surface area contributed by atoms with E-state index in [-0.39, 0.29) is 0 Å². The molecule has 0 radical (unpaired) electrons. The van der Waals surface area contributed by atoms with E-state index in [4.69, 9.17) is 9.15 Å². The smallest absolute Gasteiger partial charge is 0.134 e. The quantitative estimate of drug-likeness (QED) is 0.742. The minimum atomic E-state index is 0.657. The van der Waals surface area contributed by atoms with E-state index in [2.05, 4.69) is 17.4 Å². The summed E-state index contributed by atoms with van der Waals surface area (Å²) >= 11 is 0. The second kappa shape index (κ2) is 5.70. The Kier molecular flexibility index (Phi) is 3.59. The maximum Gasteiger partial charge on any atom is 0.134 e. The molecule has 0 aliphatic heterocycles. The van der Waals surface area contributed by atoms with Gasteiger partial charge in [-0.1, -0.05) is 24.3 Å².